The van der Waals surface area contributed by atoms with Gasteiger partial charge in [-0.3, -0.25) is 9.59 Å². The van der Waals surface area contributed by atoms with Crippen LogP contribution in [0.15, 0.2) is 77.9 Å². The third-order valence-electron chi connectivity index (χ3n) is 6.93. The lowest BCUT2D eigenvalue weighted by molar-refractivity contribution is 0.0712. The van der Waals surface area contributed by atoms with E-state index in [1.807, 2.05) is 53.6 Å². The van der Waals surface area contributed by atoms with E-state index in [0.29, 0.717) is 36.7 Å². The molecule has 5 rings (SSSR count). The summed E-state index contributed by atoms with van der Waals surface area (Å²) in [6.45, 7) is 3.63. The molecule has 3 heterocycles. The van der Waals surface area contributed by atoms with Gasteiger partial charge in [-0.05, 0) is 37.3 Å². The molecule has 0 unspecified atom stereocenters. The Morgan fingerprint density at radius 1 is 1.03 bits per heavy atom. The Labute approximate surface area is 210 Å². The lowest BCUT2D eigenvalue weighted by Crippen LogP contribution is -2.38. The van der Waals surface area contributed by atoms with E-state index in [4.69, 9.17) is 4.74 Å². The van der Waals surface area contributed by atoms with Crippen molar-refractivity contribution in [2.45, 2.75) is 44.8 Å². The van der Waals surface area contributed by atoms with Crippen molar-refractivity contribution in [1.29, 1.82) is 0 Å². The molecule has 2 aromatic heterocycles. The van der Waals surface area contributed by atoms with E-state index in [1.54, 1.807) is 0 Å². The highest BCUT2D eigenvalue weighted by molar-refractivity contribution is 6.05. The fourth-order valence-electron chi connectivity index (χ4n) is 5.01. The second-order valence-electron chi connectivity index (χ2n) is 9.38. The fraction of sp³-hybridized carbons (Fsp3) is 0.345. The van der Waals surface area contributed by atoms with Crippen LogP contribution in [-0.2, 0) is 17.9 Å². The van der Waals surface area contributed by atoms with Gasteiger partial charge in [0.1, 0.15) is 5.82 Å². The third-order valence-corrected chi connectivity index (χ3v) is 6.93. The minimum absolute atomic E-state index is 0.0744. The van der Waals surface area contributed by atoms with E-state index in [-0.39, 0.29) is 11.5 Å². The number of carbonyl (C=O) groups is 1. The van der Waals surface area contributed by atoms with Crippen molar-refractivity contribution in [2.24, 2.45) is 0 Å². The van der Waals surface area contributed by atoms with Crippen molar-refractivity contribution in [3.8, 4) is 0 Å². The fourth-order valence-corrected chi connectivity index (χ4v) is 5.01. The van der Waals surface area contributed by atoms with E-state index >= 15 is 0 Å². The summed E-state index contributed by atoms with van der Waals surface area (Å²) in [5.74, 6) is 1.36. The molecular weight excluding hydrogens is 452 g/mol. The monoisotopic (exact) mass is 484 g/mol. The molecule has 0 saturated carbocycles. The van der Waals surface area contributed by atoms with Crippen LogP contribution in [0.3, 0.4) is 0 Å². The Hall–Kier alpha value is -3.71. The molecule has 1 aliphatic rings. The van der Waals surface area contributed by atoms with Crippen LogP contribution in [0.1, 0.15) is 53.3 Å². The third kappa shape index (κ3) is 5.57. The summed E-state index contributed by atoms with van der Waals surface area (Å²) in [6, 6.07) is 19.1. The van der Waals surface area contributed by atoms with Gasteiger partial charge in [0.05, 0.1) is 12.2 Å². The SMILES string of the molecule is O=C(c1cc(=O)[nH]c2ccccc12)N1CCC(c2nccn2CCCCOCc2ccccc2)CC1. The normalized spacial score (nSPS) is 14.4. The Balaban J connectivity index is 1.12. The molecular formula is C29H32N4O3. The van der Waals surface area contributed by atoms with E-state index < -0.39 is 0 Å². The highest BCUT2D eigenvalue weighted by atomic mass is 16.5. The van der Waals surface area contributed by atoms with Crippen molar-refractivity contribution in [2.75, 3.05) is 19.7 Å². The predicted molar refractivity (Wildman–Crippen MR) is 140 cm³/mol. The number of aromatic nitrogens is 3. The van der Waals surface area contributed by atoms with Gasteiger partial charge in [-0.25, -0.2) is 4.98 Å². The molecule has 186 valence electrons. The number of hydrogen-bond acceptors (Lipinski definition) is 4. The molecule has 1 fully saturated rings. The average Bonchev–Trinajstić information content (AvgIpc) is 3.39. The minimum atomic E-state index is -0.251. The van der Waals surface area contributed by atoms with E-state index in [2.05, 4.69) is 32.9 Å². The first-order valence-electron chi connectivity index (χ1n) is 12.7. The summed E-state index contributed by atoms with van der Waals surface area (Å²) in [6.07, 6.45) is 7.70. The van der Waals surface area contributed by atoms with Crippen LogP contribution in [0, 0.1) is 0 Å². The molecule has 4 aromatic rings. The number of rotatable bonds is 9. The zero-order valence-electron chi connectivity index (χ0n) is 20.4. The van der Waals surface area contributed by atoms with Gasteiger partial charge in [0.2, 0.25) is 5.56 Å². The van der Waals surface area contributed by atoms with Gasteiger partial charge in [0.15, 0.2) is 0 Å². The second-order valence-corrected chi connectivity index (χ2v) is 9.38. The molecule has 0 bridgehead atoms. The maximum Gasteiger partial charge on any atom is 0.254 e. The van der Waals surface area contributed by atoms with Crippen molar-refractivity contribution in [3.63, 3.8) is 0 Å². The van der Waals surface area contributed by atoms with Gasteiger partial charge in [-0.15, -0.1) is 0 Å². The number of benzene rings is 2. The average molecular weight is 485 g/mol. The summed E-state index contributed by atoms with van der Waals surface area (Å²) in [5, 5.41) is 0.785. The zero-order valence-corrected chi connectivity index (χ0v) is 20.4. The summed E-state index contributed by atoms with van der Waals surface area (Å²) in [7, 11) is 0. The van der Waals surface area contributed by atoms with E-state index in [9.17, 15) is 9.59 Å². The quantitative estimate of drug-likeness (QED) is 0.348. The Morgan fingerprint density at radius 2 is 1.81 bits per heavy atom. The van der Waals surface area contributed by atoms with Gasteiger partial charge < -0.3 is 19.2 Å². The zero-order chi connectivity index (χ0) is 24.7. The summed E-state index contributed by atoms with van der Waals surface area (Å²) in [4.78, 5) is 34.7. The minimum Gasteiger partial charge on any atom is -0.377 e. The van der Waals surface area contributed by atoms with Gasteiger partial charge in [0, 0.05) is 61.5 Å². The number of imidazole rings is 1. The number of hydrogen-bond donors (Lipinski definition) is 1. The number of aryl methyl sites for hydroxylation is 1. The van der Waals surface area contributed by atoms with Crippen LogP contribution in [0.5, 0.6) is 0 Å². The number of unbranched alkanes of at least 4 members (excludes halogenated alkanes) is 1. The van der Waals surface area contributed by atoms with Crippen LogP contribution >= 0.6 is 0 Å². The largest absolute Gasteiger partial charge is 0.377 e. The predicted octanol–water partition coefficient (Wildman–Crippen LogP) is 4.74. The molecule has 7 heteroatoms. The van der Waals surface area contributed by atoms with Gasteiger partial charge in [-0.2, -0.15) is 0 Å². The van der Waals surface area contributed by atoms with Crippen molar-refractivity contribution < 1.29 is 9.53 Å². The number of piperidine rings is 1. The molecule has 1 aliphatic heterocycles. The first-order chi connectivity index (χ1) is 17.7. The number of ether oxygens (including phenoxy) is 1. The highest BCUT2D eigenvalue weighted by Gasteiger charge is 2.28. The first kappa shape index (κ1) is 24.0. The van der Waals surface area contributed by atoms with Crippen LogP contribution in [0.2, 0.25) is 0 Å². The van der Waals surface area contributed by atoms with Crippen LogP contribution in [0.4, 0.5) is 0 Å². The van der Waals surface area contributed by atoms with Gasteiger partial charge >= 0.3 is 0 Å². The number of amides is 1. The lowest BCUT2D eigenvalue weighted by atomic mass is 9.95. The maximum atomic E-state index is 13.3. The molecule has 0 aliphatic carbocycles. The number of aromatic amines is 1. The molecule has 1 amide bonds. The number of nitrogens with zero attached hydrogens (tertiary/aromatic N) is 3. The summed E-state index contributed by atoms with van der Waals surface area (Å²) in [5.41, 5.74) is 2.12. The molecule has 0 radical (unpaired) electrons. The smallest absolute Gasteiger partial charge is 0.254 e. The summed E-state index contributed by atoms with van der Waals surface area (Å²) < 4.78 is 8.06. The van der Waals surface area contributed by atoms with Crippen molar-refractivity contribution in [1.82, 2.24) is 19.4 Å². The molecule has 7 nitrogen and oxygen atoms in total. The van der Waals surface area contributed by atoms with Crippen LogP contribution in [-0.4, -0.2) is 45.0 Å². The maximum absolute atomic E-state index is 13.3. The van der Waals surface area contributed by atoms with E-state index in [1.165, 1.54) is 11.6 Å². The molecule has 0 atom stereocenters. The number of likely N-dealkylation sites (tertiary alicyclic amines) is 1. The van der Waals surface area contributed by atoms with E-state index in [0.717, 1.165) is 50.0 Å². The summed E-state index contributed by atoms with van der Waals surface area (Å²) >= 11 is 0. The number of pyridine rings is 1. The number of para-hydroxylation sites is 1. The Morgan fingerprint density at radius 3 is 2.64 bits per heavy atom. The molecule has 0 spiro atoms. The van der Waals surface area contributed by atoms with Gasteiger partial charge in [-0.1, -0.05) is 48.5 Å². The van der Waals surface area contributed by atoms with Crippen LogP contribution < -0.4 is 5.56 Å². The number of carbonyl (C=O) groups excluding carboxylic acids is 1. The topological polar surface area (TPSA) is 80.2 Å². The molecule has 36 heavy (non-hydrogen) atoms. The second kappa shape index (κ2) is 11.4. The van der Waals surface area contributed by atoms with Gasteiger partial charge in [0.25, 0.3) is 5.91 Å². The molecule has 1 saturated heterocycles. The first-order valence-corrected chi connectivity index (χ1v) is 12.7. The number of H-pyrrole nitrogens is 1. The number of fused-ring (bicyclic) bond motifs is 1. The number of nitrogens with one attached hydrogen (secondary N) is 1. The van der Waals surface area contributed by atoms with Crippen molar-refractivity contribution in [3.05, 3.63) is 100 Å². The highest BCUT2D eigenvalue weighted by Crippen LogP contribution is 2.28. The Kier molecular flexibility index (Phi) is 7.57. The van der Waals surface area contributed by atoms with Crippen molar-refractivity contribution >= 4 is 16.8 Å². The Bertz CT molecular complexity index is 1350. The molecule has 2 aromatic carbocycles. The standard InChI is InChI=1S/C29H32N4O3/c34-27-20-25(24-10-4-5-11-26(24)31-27)29(35)33-16-12-23(13-17-33)28-30-14-18-32(28)15-6-7-19-36-21-22-8-2-1-3-9-22/h1-5,8-11,14,18,20,23H,6-7,12-13,15-17,19,21H2,(H,31,34). The van der Waals surface area contributed by atoms with Crippen LogP contribution in [0.25, 0.3) is 10.9 Å². The molecule has 1 N–H and O–H groups in total. The lowest BCUT2D eigenvalue weighted by Gasteiger charge is -2.32.